The van der Waals surface area contributed by atoms with Crippen LogP contribution in [0.1, 0.15) is 13.8 Å². The van der Waals surface area contributed by atoms with Crippen molar-refractivity contribution in [1.82, 2.24) is 4.57 Å². The van der Waals surface area contributed by atoms with Crippen molar-refractivity contribution in [3.63, 3.8) is 0 Å². The Bertz CT molecular complexity index is 547. The van der Waals surface area contributed by atoms with Crippen LogP contribution in [0.2, 0.25) is 0 Å². The summed E-state index contributed by atoms with van der Waals surface area (Å²) in [7, 11) is 0. The Hall–Kier alpha value is -1.57. The van der Waals surface area contributed by atoms with E-state index in [1.807, 2.05) is 0 Å². The number of aromatic nitrogens is 1. The second-order valence-electron chi connectivity index (χ2n) is 4.89. The molecule has 2 heterocycles. The van der Waals surface area contributed by atoms with Crippen LogP contribution in [0.4, 0.5) is 5.82 Å². The Morgan fingerprint density at radius 1 is 1.27 bits per heavy atom. The highest BCUT2D eigenvalue weighted by Crippen LogP contribution is 2.32. The predicted molar refractivity (Wildman–Crippen MR) is 63.9 cm³/mol. The molecule has 2 aromatic rings. The summed E-state index contributed by atoms with van der Waals surface area (Å²) in [5.41, 5.74) is 1.45. The molecule has 0 radical (unpaired) electrons. The number of benzene rings is 1. The van der Waals surface area contributed by atoms with E-state index in [0.717, 1.165) is 12.4 Å². The molecule has 1 aliphatic heterocycles. The second-order valence-corrected chi connectivity index (χ2v) is 4.89. The molecule has 0 atom stereocenters. The van der Waals surface area contributed by atoms with Crippen LogP contribution < -0.4 is 0 Å². The van der Waals surface area contributed by atoms with Crippen molar-refractivity contribution in [2.75, 3.05) is 0 Å². The average molecular weight is 198 g/mol. The molecule has 0 saturated heterocycles. The number of hydrogen-bond donors (Lipinski definition) is 0. The Kier molecular flexibility index (Phi) is 1.58. The molecular weight excluding hydrogens is 184 g/mol. The lowest BCUT2D eigenvalue weighted by atomic mass is 9.94. The van der Waals surface area contributed by atoms with Crippen molar-refractivity contribution < 1.29 is 0 Å². The van der Waals surface area contributed by atoms with Crippen molar-refractivity contribution in [3.8, 4) is 0 Å². The number of aliphatic imine (C=N–C) groups is 1. The van der Waals surface area contributed by atoms with E-state index in [1.165, 1.54) is 10.9 Å². The zero-order valence-corrected chi connectivity index (χ0v) is 9.07. The molecule has 0 aliphatic carbocycles. The quantitative estimate of drug-likeness (QED) is 0.617. The van der Waals surface area contributed by atoms with Crippen molar-refractivity contribution in [2.45, 2.75) is 20.4 Å². The normalized spacial score (nSPS) is 18.0. The summed E-state index contributed by atoms with van der Waals surface area (Å²) >= 11 is 0. The van der Waals surface area contributed by atoms with E-state index >= 15 is 0 Å². The highest BCUT2D eigenvalue weighted by Gasteiger charge is 2.22. The van der Waals surface area contributed by atoms with Gasteiger partial charge < -0.3 is 4.57 Å². The topological polar surface area (TPSA) is 17.3 Å². The molecule has 2 nitrogen and oxygen atoms in total. The third-order valence-electron chi connectivity index (χ3n) is 2.90. The van der Waals surface area contributed by atoms with Gasteiger partial charge in [-0.1, -0.05) is 32.0 Å². The summed E-state index contributed by atoms with van der Waals surface area (Å²) in [6, 6.07) is 10.6. The van der Waals surface area contributed by atoms with Gasteiger partial charge in [-0.2, -0.15) is 0 Å². The van der Waals surface area contributed by atoms with E-state index in [4.69, 9.17) is 0 Å². The van der Waals surface area contributed by atoms with Crippen molar-refractivity contribution in [3.05, 3.63) is 30.3 Å². The number of rotatable bonds is 0. The summed E-state index contributed by atoms with van der Waals surface area (Å²) in [5.74, 6) is 1.08. The molecule has 0 N–H and O–H groups in total. The summed E-state index contributed by atoms with van der Waals surface area (Å²) < 4.78 is 2.30. The fourth-order valence-electron chi connectivity index (χ4n) is 2.16. The van der Waals surface area contributed by atoms with Gasteiger partial charge in [0.15, 0.2) is 0 Å². The van der Waals surface area contributed by atoms with Crippen molar-refractivity contribution >= 4 is 22.9 Å². The molecular formula is C13H14N2. The Morgan fingerprint density at radius 3 is 2.93 bits per heavy atom. The van der Waals surface area contributed by atoms with Crippen LogP contribution in [-0.4, -0.2) is 10.8 Å². The van der Waals surface area contributed by atoms with Gasteiger partial charge in [-0.05, 0) is 12.1 Å². The number of nitrogens with zero attached hydrogens (tertiary/aromatic N) is 2. The largest absolute Gasteiger partial charge is 0.325 e. The van der Waals surface area contributed by atoms with Crippen LogP contribution >= 0.6 is 0 Å². The zero-order valence-electron chi connectivity index (χ0n) is 9.07. The van der Waals surface area contributed by atoms with E-state index < -0.39 is 0 Å². The first kappa shape index (κ1) is 8.72. The second kappa shape index (κ2) is 2.72. The van der Waals surface area contributed by atoms with Gasteiger partial charge in [-0.3, -0.25) is 0 Å². The molecule has 0 saturated carbocycles. The van der Waals surface area contributed by atoms with Crippen LogP contribution in [0.15, 0.2) is 35.3 Å². The maximum atomic E-state index is 4.52. The molecule has 1 aliphatic rings. The summed E-state index contributed by atoms with van der Waals surface area (Å²) in [6.45, 7) is 5.45. The first-order valence-corrected chi connectivity index (χ1v) is 5.29. The monoisotopic (exact) mass is 198 g/mol. The Balaban J connectivity index is 2.29. The highest BCUT2D eigenvalue weighted by molar-refractivity contribution is 5.86. The SMILES string of the molecule is CC1(C)C=Nc2cc3ccccc3n2C1. The first-order chi connectivity index (χ1) is 7.16. The smallest absolute Gasteiger partial charge is 0.133 e. The molecule has 0 fully saturated rings. The number of fused-ring (bicyclic) bond motifs is 3. The molecule has 76 valence electrons. The summed E-state index contributed by atoms with van der Waals surface area (Å²) in [4.78, 5) is 4.52. The molecule has 3 rings (SSSR count). The third kappa shape index (κ3) is 1.29. The van der Waals surface area contributed by atoms with Gasteiger partial charge in [0.1, 0.15) is 5.82 Å². The van der Waals surface area contributed by atoms with E-state index in [2.05, 4.69) is 60.0 Å². The van der Waals surface area contributed by atoms with Gasteiger partial charge in [-0.15, -0.1) is 0 Å². The van der Waals surface area contributed by atoms with Crippen LogP contribution in [0.5, 0.6) is 0 Å². The fourth-order valence-corrected chi connectivity index (χ4v) is 2.16. The van der Waals surface area contributed by atoms with Gasteiger partial charge in [0.2, 0.25) is 0 Å². The van der Waals surface area contributed by atoms with Crippen LogP contribution in [-0.2, 0) is 6.54 Å². The van der Waals surface area contributed by atoms with Gasteiger partial charge in [0.05, 0.1) is 0 Å². The maximum Gasteiger partial charge on any atom is 0.133 e. The minimum absolute atomic E-state index is 0.161. The third-order valence-corrected chi connectivity index (χ3v) is 2.90. The van der Waals surface area contributed by atoms with Gasteiger partial charge in [0, 0.05) is 29.1 Å². The number of para-hydroxylation sites is 1. The molecule has 0 amide bonds. The highest BCUT2D eigenvalue weighted by atomic mass is 15.1. The van der Waals surface area contributed by atoms with E-state index in [1.54, 1.807) is 0 Å². The molecule has 0 bridgehead atoms. The lowest BCUT2D eigenvalue weighted by Crippen LogP contribution is -2.23. The number of hydrogen-bond acceptors (Lipinski definition) is 1. The average Bonchev–Trinajstić information content (AvgIpc) is 2.55. The van der Waals surface area contributed by atoms with Crippen molar-refractivity contribution in [2.24, 2.45) is 10.4 Å². The van der Waals surface area contributed by atoms with Crippen LogP contribution in [0.3, 0.4) is 0 Å². The van der Waals surface area contributed by atoms with Gasteiger partial charge in [0.25, 0.3) is 0 Å². The fraction of sp³-hybridized carbons (Fsp3) is 0.308. The molecule has 0 unspecified atom stereocenters. The summed E-state index contributed by atoms with van der Waals surface area (Å²) in [5, 5.41) is 1.28. The first-order valence-electron chi connectivity index (χ1n) is 5.29. The Labute approximate surface area is 89.2 Å². The lowest BCUT2D eigenvalue weighted by Gasteiger charge is -2.25. The molecule has 1 aromatic carbocycles. The van der Waals surface area contributed by atoms with Crippen LogP contribution in [0.25, 0.3) is 10.9 Å². The minimum Gasteiger partial charge on any atom is -0.325 e. The molecule has 0 spiro atoms. The minimum atomic E-state index is 0.161. The van der Waals surface area contributed by atoms with E-state index in [9.17, 15) is 0 Å². The van der Waals surface area contributed by atoms with E-state index in [0.29, 0.717) is 0 Å². The lowest BCUT2D eigenvalue weighted by molar-refractivity contribution is 0.439. The molecule has 1 aromatic heterocycles. The Morgan fingerprint density at radius 2 is 2.07 bits per heavy atom. The molecule has 2 heteroatoms. The van der Waals surface area contributed by atoms with Gasteiger partial charge in [-0.25, -0.2) is 4.99 Å². The molecule has 15 heavy (non-hydrogen) atoms. The van der Waals surface area contributed by atoms with Gasteiger partial charge >= 0.3 is 0 Å². The maximum absolute atomic E-state index is 4.52. The van der Waals surface area contributed by atoms with E-state index in [-0.39, 0.29) is 5.41 Å². The standard InChI is InChI=1S/C13H14N2/c1-13(2)8-14-12-7-10-5-3-4-6-11(10)15(12)9-13/h3-8H,9H2,1-2H3. The zero-order chi connectivity index (χ0) is 10.5. The van der Waals surface area contributed by atoms with Crippen LogP contribution in [0, 0.1) is 5.41 Å². The van der Waals surface area contributed by atoms with Crippen molar-refractivity contribution in [1.29, 1.82) is 0 Å². The predicted octanol–water partition coefficient (Wildman–Crippen LogP) is 3.38. The summed E-state index contributed by atoms with van der Waals surface area (Å²) in [6.07, 6.45) is 2.06.